The van der Waals surface area contributed by atoms with E-state index in [2.05, 4.69) is 19.7 Å². The van der Waals surface area contributed by atoms with Gasteiger partial charge >= 0.3 is 5.97 Å². The largest absolute Gasteiger partial charge is 0.478 e. The number of hydrogen-bond donors (Lipinski definition) is 2. The van der Waals surface area contributed by atoms with Crippen LogP contribution < -0.4 is 5.32 Å². The lowest BCUT2D eigenvalue weighted by Gasteiger charge is -2.01. The summed E-state index contributed by atoms with van der Waals surface area (Å²) in [6.45, 7) is 1.73. The highest BCUT2D eigenvalue weighted by molar-refractivity contribution is 7.09. The maximum atomic E-state index is 12.0. The molecule has 0 fully saturated rings. The van der Waals surface area contributed by atoms with Crippen molar-refractivity contribution in [2.24, 2.45) is 0 Å². The van der Waals surface area contributed by atoms with Crippen molar-refractivity contribution in [2.45, 2.75) is 6.92 Å². The fourth-order valence-electron chi connectivity index (χ4n) is 1.36. The van der Waals surface area contributed by atoms with E-state index in [4.69, 9.17) is 5.11 Å². The Kier molecular flexibility index (Phi) is 4.16. The smallest absolute Gasteiger partial charge is 0.328 e. The van der Waals surface area contributed by atoms with Gasteiger partial charge in [0.2, 0.25) is 5.13 Å². The Hall–Kier alpha value is -2.61. The van der Waals surface area contributed by atoms with Crippen molar-refractivity contribution in [3.63, 3.8) is 0 Å². The summed E-state index contributed by atoms with van der Waals surface area (Å²) in [5.74, 6) is -0.856. The molecule has 0 aliphatic rings. The van der Waals surface area contributed by atoms with Crippen LogP contribution in [0.5, 0.6) is 0 Å². The van der Waals surface area contributed by atoms with Gasteiger partial charge in [-0.2, -0.15) is 4.37 Å². The number of pyridine rings is 1. The van der Waals surface area contributed by atoms with Crippen molar-refractivity contribution in [3.8, 4) is 0 Å². The number of carbonyl (C=O) groups is 2. The molecule has 7 nitrogen and oxygen atoms in total. The normalized spacial score (nSPS) is 10.7. The third-order valence-electron chi connectivity index (χ3n) is 2.19. The van der Waals surface area contributed by atoms with E-state index in [1.54, 1.807) is 6.92 Å². The molecule has 0 saturated heterocycles. The third-order valence-corrected chi connectivity index (χ3v) is 2.91. The summed E-state index contributed by atoms with van der Waals surface area (Å²) in [5, 5.41) is 11.5. The number of amides is 1. The van der Waals surface area contributed by atoms with E-state index in [-0.39, 0.29) is 5.91 Å². The van der Waals surface area contributed by atoms with Gasteiger partial charge in [-0.25, -0.2) is 9.78 Å². The van der Waals surface area contributed by atoms with E-state index in [0.717, 1.165) is 17.6 Å². The van der Waals surface area contributed by atoms with E-state index in [0.29, 0.717) is 22.1 Å². The van der Waals surface area contributed by atoms with Crippen LogP contribution in [-0.2, 0) is 4.79 Å². The lowest BCUT2D eigenvalue weighted by molar-refractivity contribution is -0.131. The molecule has 20 heavy (non-hydrogen) atoms. The average molecular weight is 290 g/mol. The maximum Gasteiger partial charge on any atom is 0.328 e. The summed E-state index contributed by atoms with van der Waals surface area (Å²) in [5.41, 5.74) is 0.832. The lowest BCUT2D eigenvalue weighted by Crippen LogP contribution is -2.12. The number of anilines is 1. The zero-order valence-electron chi connectivity index (χ0n) is 10.4. The Morgan fingerprint density at radius 3 is 2.85 bits per heavy atom. The Bertz CT molecular complexity index is 681. The maximum absolute atomic E-state index is 12.0. The second-order valence-electron chi connectivity index (χ2n) is 3.78. The van der Waals surface area contributed by atoms with Gasteiger partial charge in [-0.3, -0.25) is 15.1 Å². The van der Waals surface area contributed by atoms with Crippen LogP contribution in [0.3, 0.4) is 0 Å². The molecule has 0 aliphatic carbocycles. The second kappa shape index (κ2) is 6.02. The zero-order chi connectivity index (χ0) is 14.5. The summed E-state index contributed by atoms with van der Waals surface area (Å²) >= 11 is 1.09. The molecule has 0 aliphatic heterocycles. The summed E-state index contributed by atoms with van der Waals surface area (Å²) < 4.78 is 3.95. The molecule has 0 unspecified atom stereocenters. The summed E-state index contributed by atoms with van der Waals surface area (Å²) in [7, 11) is 0. The Morgan fingerprint density at radius 2 is 2.20 bits per heavy atom. The van der Waals surface area contributed by atoms with E-state index in [1.807, 2.05) is 0 Å². The number of aliphatic carboxylic acids is 1. The fraction of sp³-hybridized carbons (Fsp3) is 0.0833. The molecule has 8 heteroatoms. The molecule has 0 saturated carbocycles. The van der Waals surface area contributed by atoms with Gasteiger partial charge in [0.25, 0.3) is 5.91 Å². The van der Waals surface area contributed by atoms with E-state index in [9.17, 15) is 9.59 Å². The van der Waals surface area contributed by atoms with Crippen LogP contribution in [0.2, 0.25) is 0 Å². The number of rotatable bonds is 4. The lowest BCUT2D eigenvalue weighted by atomic mass is 10.2. The van der Waals surface area contributed by atoms with Crippen LogP contribution in [0.1, 0.15) is 21.7 Å². The number of carboxylic acids is 1. The van der Waals surface area contributed by atoms with Crippen LogP contribution in [0.4, 0.5) is 5.13 Å². The molecule has 1 amide bonds. The number of nitrogens with zero attached hydrogens (tertiary/aromatic N) is 3. The quantitative estimate of drug-likeness (QED) is 0.828. The topological polar surface area (TPSA) is 105 Å². The van der Waals surface area contributed by atoms with Gasteiger partial charge in [0, 0.05) is 30.0 Å². The molecule has 0 aromatic carbocycles. The predicted octanol–water partition coefficient (Wildman–Crippen LogP) is 1.59. The molecule has 0 atom stereocenters. The number of nitrogens with one attached hydrogen (secondary N) is 1. The zero-order valence-corrected chi connectivity index (χ0v) is 11.2. The Balaban J connectivity index is 2.14. The molecule has 2 heterocycles. The third kappa shape index (κ3) is 3.69. The highest BCUT2D eigenvalue weighted by atomic mass is 32.1. The van der Waals surface area contributed by atoms with Gasteiger partial charge in [-0.15, -0.1) is 0 Å². The second-order valence-corrected chi connectivity index (χ2v) is 4.53. The van der Waals surface area contributed by atoms with Crippen molar-refractivity contribution in [1.82, 2.24) is 14.3 Å². The van der Waals surface area contributed by atoms with E-state index < -0.39 is 5.97 Å². The van der Waals surface area contributed by atoms with Crippen molar-refractivity contribution in [3.05, 3.63) is 41.5 Å². The van der Waals surface area contributed by atoms with Gasteiger partial charge in [-0.05, 0) is 24.6 Å². The average Bonchev–Trinajstić information content (AvgIpc) is 2.82. The van der Waals surface area contributed by atoms with Gasteiger partial charge < -0.3 is 5.11 Å². The monoisotopic (exact) mass is 290 g/mol. The standard InChI is InChI=1S/C12H10N4O3S/c1-7-14-12(20-16-7)15-11(19)9-4-8(5-13-6-9)2-3-10(17)18/h2-6H,1H3,(H,17,18)(H,14,15,16,19)/b3-2+. The van der Waals surface area contributed by atoms with Crippen molar-refractivity contribution in [2.75, 3.05) is 5.32 Å². The molecule has 0 spiro atoms. The van der Waals surface area contributed by atoms with E-state index >= 15 is 0 Å². The number of aryl methyl sites for hydroxylation is 1. The molecule has 0 bridgehead atoms. The van der Waals surface area contributed by atoms with Gasteiger partial charge in [0.05, 0.1) is 5.56 Å². The highest BCUT2D eigenvalue weighted by Crippen LogP contribution is 2.12. The van der Waals surface area contributed by atoms with Gasteiger partial charge in [-0.1, -0.05) is 0 Å². The van der Waals surface area contributed by atoms with Crippen molar-refractivity contribution in [1.29, 1.82) is 0 Å². The molecule has 2 N–H and O–H groups in total. The minimum atomic E-state index is -1.07. The SMILES string of the molecule is Cc1nsc(NC(=O)c2cncc(/C=C/C(=O)O)c2)n1. The number of hydrogen-bond acceptors (Lipinski definition) is 6. The number of carbonyl (C=O) groups excluding carboxylic acids is 1. The molecule has 2 aromatic rings. The van der Waals surface area contributed by atoms with Crippen molar-refractivity contribution < 1.29 is 14.7 Å². The Labute approximate surface area is 118 Å². The molecule has 2 rings (SSSR count). The molecule has 0 radical (unpaired) electrons. The van der Waals surface area contributed by atoms with Crippen LogP contribution in [0.25, 0.3) is 6.08 Å². The first kappa shape index (κ1) is 13.8. The summed E-state index contributed by atoms with van der Waals surface area (Å²) in [4.78, 5) is 30.3. The highest BCUT2D eigenvalue weighted by Gasteiger charge is 2.09. The van der Waals surface area contributed by atoms with E-state index in [1.165, 1.54) is 24.5 Å². The van der Waals surface area contributed by atoms with Crippen LogP contribution in [-0.4, -0.2) is 31.3 Å². The fourth-order valence-corrected chi connectivity index (χ4v) is 1.93. The molecule has 102 valence electrons. The summed E-state index contributed by atoms with van der Waals surface area (Å²) in [6.07, 6.45) is 5.20. The minimum absolute atomic E-state index is 0.311. The van der Waals surface area contributed by atoms with Crippen LogP contribution >= 0.6 is 11.5 Å². The first-order valence-corrected chi connectivity index (χ1v) is 6.29. The van der Waals surface area contributed by atoms with Crippen molar-refractivity contribution >= 4 is 34.6 Å². The van der Waals surface area contributed by atoms with Gasteiger partial charge in [0.15, 0.2) is 0 Å². The molecular weight excluding hydrogens is 280 g/mol. The predicted molar refractivity (Wildman–Crippen MR) is 73.5 cm³/mol. The van der Waals surface area contributed by atoms with Crippen LogP contribution in [0.15, 0.2) is 24.5 Å². The molecular formula is C12H10N4O3S. The van der Waals surface area contributed by atoms with Crippen LogP contribution in [0, 0.1) is 6.92 Å². The first-order valence-electron chi connectivity index (χ1n) is 5.52. The minimum Gasteiger partial charge on any atom is -0.478 e. The van der Waals surface area contributed by atoms with Gasteiger partial charge in [0.1, 0.15) is 5.82 Å². The number of carboxylic acid groups (broad SMARTS) is 1. The molecule has 2 aromatic heterocycles. The Morgan fingerprint density at radius 1 is 1.40 bits per heavy atom. The summed E-state index contributed by atoms with van der Waals surface area (Å²) in [6, 6.07) is 1.54. The first-order chi connectivity index (χ1) is 9.54. The number of aromatic nitrogens is 3.